The molecular formula is C20H24N2O3. The standard InChI is InChI=1S/C20H24N2O3/c1-14-10-18(19(23)24)13-22(12-14)20(25)21-9-8-15-6-7-16-4-2-3-5-17(16)11-15/h2-7,11,14,18H,8-10,12-13H2,1H3,(H,21,25)(H,23,24). The van der Waals surface area contributed by atoms with Crippen molar-refractivity contribution in [2.24, 2.45) is 11.8 Å². The quantitative estimate of drug-likeness (QED) is 0.898. The van der Waals surface area contributed by atoms with Gasteiger partial charge in [-0.2, -0.15) is 0 Å². The molecule has 132 valence electrons. The van der Waals surface area contributed by atoms with E-state index in [0.717, 1.165) is 6.42 Å². The van der Waals surface area contributed by atoms with Crippen LogP contribution >= 0.6 is 0 Å². The molecule has 0 bridgehead atoms. The summed E-state index contributed by atoms with van der Waals surface area (Å²) in [5.41, 5.74) is 1.18. The summed E-state index contributed by atoms with van der Waals surface area (Å²) in [6.45, 7) is 3.44. The number of carboxylic acids is 1. The van der Waals surface area contributed by atoms with Gasteiger partial charge in [0.2, 0.25) is 0 Å². The first-order valence-corrected chi connectivity index (χ1v) is 8.76. The van der Waals surface area contributed by atoms with Crippen molar-refractivity contribution in [2.45, 2.75) is 19.8 Å². The molecular weight excluding hydrogens is 316 g/mol. The molecule has 5 nitrogen and oxygen atoms in total. The van der Waals surface area contributed by atoms with Gasteiger partial charge in [-0.3, -0.25) is 4.79 Å². The van der Waals surface area contributed by atoms with Crippen LogP contribution in [0.5, 0.6) is 0 Å². The van der Waals surface area contributed by atoms with Crippen molar-refractivity contribution in [1.82, 2.24) is 10.2 Å². The average molecular weight is 340 g/mol. The Morgan fingerprint density at radius 2 is 1.92 bits per heavy atom. The fourth-order valence-corrected chi connectivity index (χ4v) is 3.52. The van der Waals surface area contributed by atoms with Gasteiger partial charge in [0, 0.05) is 19.6 Å². The number of likely N-dealkylation sites (tertiary alicyclic amines) is 1. The van der Waals surface area contributed by atoms with Gasteiger partial charge in [0.15, 0.2) is 0 Å². The van der Waals surface area contributed by atoms with Gasteiger partial charge in [-0.25, -0.2) is 4.79 Å². The van der Waals surface area contributed by atoms with E-state index in [1.54, 1.807) is 4.90 Å². The van der Waals surface area contributed by atoms with Crippen LogP contribution in [0.2, 0.25) is 0 Å². The zero-order chi connectivity index (χ0) is 17.8. The van der Waals surface area contributed by atoms with Crippen LogP contribution in [0.25, 0.3) is 10.8 Å². The minimum Gasteiger partial charge on any atom is -0.481 e. The predicted molar refractivity (Wildman–Crippen MR) is 97.5 cm³/mol. The topological polar surface area (TPSA) is 69.6 Å². The summed E-state index contributed by atoms with van der Waals surface area (Å²) in [6, 6.07) is 14.4. The van der Waals surface area contributed by atoms with Gasteiger partial charge in [0.05, 0.1) is 5.92 Å². The summed E-state index contributed by atoms with van der Waals surface area (Å²) in [5.74, 6) is -1.07. The van der Waals surface area contributed by atoms with E-state index >= 15 is 0 Å². The Bertz CT molecular complexity index is 774. The number of fused-ring (bicyclic) bond motifs is 1. The summed E-state index contributed by atoms with van der Waals surface area (Å²) >= 11 is 0. The van der Waals surface area contributed by atoms with Gasteiger partial charge in [-0.15, -0.1) is 0 Å². The number of rotatable bonds is 4. The molecule has 0 aromatic heterocycles. The molecule has 0 radical (unpaired) electrons. The number of benzene rings is 2. The van der Waals surface area contributed by atoms with Crippen molar-refractivity contribution in [3.05, 3.63) is 48.0 Å². The van der Waals surface area contributed by atoms with Crippen molar-refractivity contribution >= 4 is 22.8 Å². The maximum atomic E-state index is 12.3. The summed E-state index contributed by atoms with van der Waals surface area (Å²) in [6.07, 6.45) is 1.39. The van der Waals surface area contributed by atoms with E-state index in [0.29, 0.717) is 26.1 Å². The number of piperidine rings is 1. The number of carbonyl (C=O) groups is 2. The molecule has 1 fully saturated rings. The van der Waals surface area contributed by atoms with E-state index in [-0.39, 0.29) is 11.9 Å². The van der Waals surface area contributed by atoms with Crippen LogP contribution < -0.4 is 5.32 Å². The van der Waals surface area contributed by atoms with Crippen molar-refractivity contribution in [1.29, 1.82) is 0 Å². The summed E-state index contributed by atoms with van der Waals surface area (Å²) in [7, 11) is 0. The van der Waals surface area contributed by atoms with Crippen LogP contribution in [0.15, 0.2) is 42.5 Å². The SMILES string of the molecule is CC1CC(C(=O)O)CN(C(=O)NCCc2ccc3ccccc3c2)C1. The fraction of sp³-hybridized carbons (Fsp3) is 0.400. The number of urea groups is 1. The number of nitrogens with one attached hydrogen (secondary N) is 1. The summed E-state index contributed by atoms with van der Waals surface area (Å²) in [5, 5.41) is 14.5. The second kappa shape index (κ2) is 7.55. The molecule has 3 rings (SSSR count). The number of nitrogens with zero attached hydrogens (tertiary/aromatic N) is 1. The van der Waals surface area contributed by atoms with E-state index in [1.165, 1.54) is 16.3 Å². The first-order chi connectivity index (χ1) is 12.0. The number of hydrogen-bond acceptors (Lipinski definition) is 2. The summed E-state index contributed by atoms with van der Waals surface area (Å²) in [4.78, 5) is 25.2. The number of hydrogen-bond donors (Lipinski definition) is 2. The molecule has 2 aromatic rings. The minimum absolute atomic E-state index is 0.168. The first-order valence-electron chi connectivity index (χ1n) is 8.76. The fourth-order valence-electron chi connectivity index (χ4n) is 3.52. The maximum Gasteiger partial charge on any atom is 0.317 e. The van der Waals surface area contributed by atoms with E-state index in [1.807, 2.05) is 19.1 Å². The Morgan fingerprint density at radius 3 is 2.68 bits per heavy atom. The largest absolute Gasteiger partial charge is 0.481 e. The summed E-state index contributed by atoms with van der Waals surface area (Å²) < 4.78 is 0. The van der Waals surface area contributed by atoms with Gasteiger partial charge < -0.3 is 15.3 Å². The van der Waals surface area contributed by atoms with Crippen LogP contribution in [0, 0.1) is 11.8 Å². The van der Waals surface area contributed by atoms with Gasteiger partial charge in [0.25, 0.3) is 0 Å². The third kappa shape index (κ3) is 4.29. The second-order valence-corrected chi connectivity index (χ2v) is 6.94. The lowest BCUT2D eigenvalue weighted by molar-refractivity contribution is -0.143. The van der Waals surface area contributed by atoms with Crippen molar-refractivity contribution in [3.63, 3.8) is 0 Å². The lowest BCUT2D eigenvalue weighted by atomic mass is 9.91. The molecule has 1 heterocycles. The molecule has 0 saturated carbocycles. The zero-order valence-electron chi connectivity index (χ0n) is 14.4. The number of carbonyl (C=O) groups excluding carboxylic acids is 1. The molecule has 2 aromatic carbocycles. The van der Waals surface area contributed by atoms with Gasteiger partial charge in [-0.1, -0.05) is 49.4 Å². The average Bonchev–Trinajstić information content (AvgIpc) is 2.61. The highest BCUT2D eigenvalue weighted by atomic mass is 16.4. The van der Waals surface area contributed by atoms with Gasteiger partial charge >= 0.3 is 12.0 Å². The van der Waals surface area contributed by atoms with Crippen molar-refractivity contribution in [2.75, 3.05) is 19.6 Å². The Balaban J connectivity index is 1.53. The number of carboxylic acid groups (broad SMARTS) is 1. The number of amides is 2. The lowest BCUT2D eigenvalue weighted by Gasteiger charge is -2.34. The van der Waals surface area contributed by atoms with Crippen LogP contribution in [0.1, 0.15) is 18.9 Å². The Kier molecular flexibility index (Phi) is 5.22. The molecule has 5 heteroatoms. The molecule has 1 aliphatic heterocycles. The van der Waals surface area contributed by atoms with Gasteiger partial charge in [0.1, 0.15) is 0 Å². The highest BCUT2D eigenvalue weighted by Crippen LogP contribution is 2.21. The smallest absolute Gasteiger partial charge is 0.317 e. The van der Waals surface area contributed by atoms with Crippen molar-refractivity contribution in [3.8, 4) is 0 Å². The van der Waals surface area contributed by atoms with E-state index in [9.17, 15) is 14.7 Å². The molecule has 2 atom stereocenters. The molecule has 0 spiro atoms. The molecule has 0 aliphatic carbocycles. The van der Waals surface area contributed by atoms with Crippen LogP contribution in [0.3, 0.4) is 0 Å². The second-order valence-electron chi connectivity index (χ2n) is 6.94. The van der Waals surface area contributed by atoms with E-state index in [2.05, 4.69) is 35.6 Å². The molecule has 1 aliphatic rings. The third-order valence-corrected chi connectivity index (χ3v) is 4.80. The zero-order valence-corrected chi connectivity index (χ0v) is 14.4. The Morgan fingerprint density at radius 1 is 1.16 bits per heavy atom. The lowest BCUT2D eigenvalue weighted by Crippen LogP contribution is -2.49. The molecule has 25 heavy (non-hydrogen) atoms. The predicted octanol–water partition coefficient (Wildman–Crippen LogP) is 3.13. The normalized spacial score (nSPS) is 20.4. The van der Waals surface area contributed by atoms with E-state index < -0.39 is 11.9 Å². The third-order valence-electron chi connectivity index (χ3n) is 4.80. The van der Waals surface area contributed by atoms with Crippen LogP contribution in [-0.4, -0.2) is 41.6 Å². The van der Waals surface area contributed by atoms with Crippen LogP contribution in [0.4, 0.5) is 4.79 Å². The first kappa shape index (κ1) is 17.3. The number of aliphatic carboxylic acids is 1. The Hall–Kier alpha value is -2.56. The maximum absolute atomic E-state index is 12.3. The molecule has 2 N–H and O–H groups in total. The monoisotopic (exact) mass is 340 g/mol. The molecule has 2 unspecified atom stereocenters. The molecule has 1 saturated heterocycles. The van der Waals surface area contributed by atoms with Crippen LogP contribution in [-0.2, 0) is 11.2 Å². The molecule has 2 amide bonds. The highest BCUT2D eigenvalue weighted by Gasteiger charge is 2.31. The Labute approximate surface area is 147 Å². The van der Waals surface area contributed by atoms with Crippen molar-refractivity contribution < 1.29 is 14.7 Å². The van der Waals surface area contributed by atoms with Gasteiger partial charge in [-0.05, 0) is 35.1 Å². The minimum atomic E-state index is -0.819. The van der Waals surface area contributed by atoms with E-state index in [4.69, 9.17) is 0 Å². The highest BCUT2D eigenvalue weighted by molar-refractivity contribution is 5.83.